The lowest BCUT2D eigenvalue weighted by Crippen LogP contribution is -2.28. The Hall–Kier alpha value is -1.36. The Labute approximate surface area is 127 Å². The van der Waals surface area contributed by atoms with Gasteiger partial charge in [0.15, 0.2) is 0 Å². The zero-order valence-corrected chi connectivity index (χ0v) is 12.9. The minimum absolute atomic E-state index is 0.433. The molecule has 2 atom stereocenters. The molecule has 20 heavy (non-hydrogen) atoms. The summed E-state index contributed by atoms with van der Waals surface area (Å²) >= 11 is 3.43. The van der Waals surface area contributed by atoms with E-state index in [1.165, 1.54) is 0 Å². The molecule has 0 aliphatic carbocycles. The van der Waals surface area contributed by atoms with Crippen molar-refractivity contribution >= 4 is 15.9 Å². The molecule has 106 valence electrons. The summed E-state index contributed by atoms with van der Waals surface area (Å²) in [5, 5.41) is 10.3. The van der Waals surface area contributed by atoms with Gasteiger partial charge >= 0.3 is 0 Å². The van der Waals surface area contributed by atoms with Crippen LogP contribution in [-0.4, -0.2) is 18.3 Å². The molecule has 0 fully saturated rings. The van der Waals surface area contributed by atoms with E-state index in [2.05, 4.69) is 15.9 Å². The topological polar surface area (TPSA) is 55.5 Å². The summed E-state index contributed by atoms with van der Waals surface area (Å²) in [4.78, 5) is 0. The molecule has 0 radical (unpaired) electrons. The van der Waals surface area contributed by atoms with Crippen LogP contribution in [0.4, 0.5) is 0 Å². The Morgan fingerprint density at radius 2 is 1.90 bits per heavy atom. The van der Waals surface area contributed by atoms with E-state index in [4.69, 9.17) is 10.5 Å². The van der Waals surface area contributed by atoms with Gasteiger partial charge in [-0.25, -0.2) is 0 Å². The number of methoxy groups -OCH3 is 1. The van der Waals surface area contributed by atoms with Gasteiger partial charge in [0.2, 0.25) is 0 Å². The predicted molar refractivity (Wildman–Crippen MR) is 83.8 cm³/mol. The van der Waals surface area contributed by atoms with Crippen LogP contribution in [-0.2, 0) is 6.42 Å². The quantitative estimate of drug-likeness (QED) is 0.882. The molecular formula is C16H18BrNO2. The second-order valence-electron chi connectivity index (χ2n) is 4.68. The molecular weight excluding hydrogens is 318 g/mol. The molecule has 2 aromatic rings. The van der Waals surface area contributed by atoms with Crippen LogP contribution in [0.3, 0.4) is 0 Å². The Bertz CT molecular complexity index is 560. The standard InChI is InChI=1S/C16H18BrNO2/c1-20-15-8-7-12(10-13(15)17)16(18)14(19)9-11-5-3-2-4-6-11/h2-8,10,14,16,19H,9,18H2,1H3/t14-,16+/m0/s1. The number of halogens is 1. The zero-order chi connectivity index (χ0) is 14.5. The minimum atomic E-state index is -0.627. The van der Waals surface area contributed by atoms with Gasteiger partial charge in [0, 0.05) is 6.42 Å². The minimum Gasteiger partial charge on any atom is -0.496 e. The number of ether oxygens (including phenoxy) is 1. The maximum Gasteiger partial charge on any atom is 0.133 e. The summed E-state index contributed by atoms with van der Waals surface area (Å²) in [6.45, 7) is 0. The normalized spacial score (nSPS) is 13.8. The van der Waals surface area contributed by atoms with Gasteiger partial charge in [0.1, 0.15) is 5.75 Å². The molecule has 2 aromatic carbocycles. The molecule has 2 rings (SSSR count). The zero-order valence-electron chi connectivity index (χ0n) is 11.3. The van der Waals surface area contributed by atoms with E-state index in [1.807, 2.05) is 48.5 Å². The van der Waals surface area contributed by atoms with E-state index in [0.717, 1.165) is 21.3 Å². The van der Waals surface area contributed by atoms with Crippen LogP contribution >= 0.6 is 15.9 Å². The van der Waals surface area contributed by atoms with Crippen molar-refractivity contribution in [2.45, 2.75) is 18.6 Å². The first-order valence-corrected chi connectivity index (χ1v) is 7.22. The van der Waals surface area contributed by atoms with Crippen LogP contribution in [0.1, 0.15) is 17.2 Å². The van der Waals surface area contributed by atoms with Crippen molar-refractivity contribution in [1.29, 1.82) is 0 Å². The molecule has 0 unspecified atom stereocenters. The summed E-state index contributed by atoms with van der Waals surface area (Å²) in [5.74, 6) is 0.749. The van der Waals surface area contributed by atoms with E-state index in [9.17, 15) is 5.11 Å². The first-order valence-electron chi connectivity index (χ1n) is 6.43. The average molecular weight is 336 g/mol. The van der Waals surface area contributed by atoms with Gasteiger partial charge in [-0.2, -0.15) is 0 Å². The molecule has 0 bridgehead atoms. The summed E-state index contributed by atoms with van der Waals surface area (Å²) < 4.78 is 6.02. The number of hydrogen-bond donors (Lipinski definition) is 2. The smallest absolute Gasteiger partial charge is 0.133 e. The van der Waals surface area contributed by atoms with Crippen molar-refractivity contribution in [1.82, 2.24) is 0 Å². The van der Waals surface area contributed by atoms with Crippen LogP contribution in [0, 0.1) is 0 Å². The third kappa shape index (κ3) is 3.60. The first-order chi connectivity index (χ1) is 9.61. The number of rotatable bonds is 5. The lowest BCUT2D eigenvalue weighted by Gasteiger charge is -2.20. The predicted octanol–water partition coefficient (Wildman–Crippen LogP) is 3.06. The van der Waals surface area contributed by atoms with E-state index in [0.29, 0.717) is 6.42 Å². The van der Waals surface area contributed by atoms with Gasteiger partial charge in [-0.1, -0.05) is 36.4 Å². The summed E-state index contributed by atoms with van der Waals surface area (Å²) in [6, 6.07) is 15.0. The summed E-state index contributed by atoms with van der Waals surface area (Å²) in [6.07, 6.45) is -0.0937. The van der Waals surface area contributed by atoms with Gasteiger partial charge in [0.25, 0.3) is 0 Å². The lowest BCUT2D eigenvalue weighted by atomic mass is 9.97. The highest BCUT2D eigenvalue weighted by molar-refractivity contribution is 9.10. The Balaban J connectivity index is 2.10. The summed E-state index contributed by atoms with van der Waals surface area (Å²) in [7, 11) is 1.62. The Morgan fingerprint density at radius 3 is 2.50 bits per heavy atom. The molecule has 0 heterocycles. The van der Waals surface area contributed by atoms with Gasteiger partial charge in [-0.3, -0.25) is 0 Å². The fourth-order valence-corrected chi connectivity index (χ4v) is 2.65. The van der Waals surface area contributed by atoms with Crippen molar-refractivity contribution in [3.05, 3.63) is 64.1 Å². The van der Waals surface area contributed by atoms with Crippen molar-refractivity contribution < 1.29 is 9.84 Å². The number of benzene rings is 2. The molecule has 0 aliphatic heterocycles. The second-order valence-corrected chi connectivity index (χ2v) is 5.53. The molecule has 0 amide bonds. The molecule has 0 saturated heterocycles. The van der Waals surface area contributed by atoms with Gasteiger partial charge in [-0.15, -0.1) is 0 Å². The maximum atomic E-state index is 10.3. The SMILES string of the molecule is COc1ccc([C@@H](N)[C@@H](O)Cc2ccccc2)cc1Br. The van der Waals surface area contributed by atoms with E-state index >= 15 is 0 Å². The highest BCUT2D eigenvalue weighted by Crippen LogP contribution is 2.28. The average Bonchev–Trinajstić information content (AvgIpc) is 2.47. The number of hydrogen-bond acceptors (Lipinski definition) is 3. The molecule has 3 N–H and O–H groups in total. The van der Waals surface area contributed by atoms with Gasteiger partial charge < -0.3 is 15.6 Å². The molecule has 0 aliphatic rings. The third-order valence-corrected chi connectivity index (χ3v) is 3.88. The first kappa shape index (κ1) is 15.0. The number of aliphatic hydroxyl groups is 1. The van der Waals surface area contributed by atoms with Crippen molar-refractivity contribution in [2.24, 2.45) is 5.73 Å². The fraction of sp³-hybridized carbons (Fsp3) is 0.250. The molecule has 4 heteroatoms. The van der Waals surface area contributed by atoms with E-state index in [-0.39, 0.29) is 0 Å². The molecule has 3 nitrogen and oxygen atoms in total. The van der Waals surface area contributed by atoms with Crippen LogP contribution in [0.2, 0.25) is 0 Å². The number of nitrogens with two attached hydrogens (primary N) is 1. The van der Waals surface area contributed by atoms with Gasteiger partial charge in [-0.05, 0) is 39.2 Å². The molecule has 0 aromatic heterocycles. The Kier molecular flexibility index (Phi) is 5.17. The Morgan fingerprint density at radius 1 is 1.20 bits per heavy atom. The van der Waals surface area contributed by atoms with Crippen molar-refractivity contribution in [3.63, 3.8) is 0 Å². The fourth-order valence-electron chi connectivity index (χ4n) is 2.09. The van der Waals surface area contributed by atoms with Crippen LogP contribution in [0.15, 0.2) is 53.0 Å². The van der Waals surface area contributed by atoms with Gasteiger partial charge in [0.05, 0.1) is 23.7 Å². The summed E-state index contributed by atoms with van der Waals surface area (Å²) in [5.41, 5.74) is 8.08. The van der Waals surface area contributed by atoms with E-state index < -0.39 is 12.1 Å². The van der Waals surface area contributed by atoms with Crippen molar-refractivity contribution in [2.75, 3.05) is 7.11 Å². The van der Waals surface area contributed by atoms with Crippen LogP contribution < -0.4 is 10.5 Å². The molecule has 0 spiro atoms. The highest BCUT2D eigenvalue weighted by atomic mass is 79.9. The van der Waals surface area contributed by atoms with Crippen LogP contribution in [0.5, 0.6) is 5.75 Å². The second kappa shape index (κ2) is 6.88. The monoisotopic (exact) mass is 335 g/mol. The van der Waals surface area contributed by atoms with Crippen molar-refractivity contribution in [3.8, 4) is 5.75 Å². The van der Waals surface area contributed by atoms with Crippen LogP contribution in [0.25, 0.3) is 0 Å². The third-order valence-electron chi connectivity index (χ3n) is 3.26. The lowest BCUT2D eigenvalue weighted by molar-refractivity contribution is 0.145. The largest absolute Gasteiger partial charge is 0.496 e. The highest BCUT2D eigenvalue weighted by Gasteiger charge is 2.18. The number of aliphatic hydroxyl groups excluding tert-OH is 1. The molecule has 0 saturated carbocycles. The van der Waals surface area contributed by atoms with E-state index in [1.54, 1.807) is 7.11 Å². The maximum absolute atomic E-state index is 10.3.